The molecule has 0 spiro atoms. The topological polar surface area (TPSA) is 17.1 Å². The average molecular weight is 194 g/mol. The molecule has 0 saturated carbocycles. The van der Waals surface area contributed by atoms with E-state index in [1.165, 1.54) is 17.3 Å². The maximum atomic E-state index is 11.4. The smallest absolute Gasteiger partial charge is 0.192 e. The lowest BCUT2D eigenvalue weighted by Gasteiger charge is -2.01. The number of thioether (sulfide) groups is 1. The molecule has 0 aliphatic rings. The van der Waals surface area contributed by atoms with Crippen molar-refractivity contribution in [2.24, 2.45) is 0 Å². The van der Waals surface area contributed by atoms with Crippen LogP contribution in [0.5, 0.6) is 0 Å². The van der Waals surface area contributed by atoms with Crippen LogP contribution in [0.15, 0.2) is 34.0 Å². The molecule has 0 heterocycles. The van der Waals surface area contributed by atoms with Crippen LogP contribution < -0.4 is 5.43 Å². The quantitative estimate of drug-likeness (QED) is 0.673. The molecule has 1 aromatic rings. The van der Waals surface area contributed by atoms with Gasteiger partial charge in [0.05, 0.1) is 4.90 Å². The molecule has 0 fully saturated rings. The highest BCUT2D eigenvalue weighted by Gasteiger charge is 2.00. The minimum atomic E-state index is 0.111. The van der Waals surface area contributed by atoms with Crippen LogP contribution in [0.1, 0.15) is 25.3 Å². The maximum absolute atomic E-state index is 11.4. The van der Waals surface area contributed by atoms with Crippen LogP contribution >= 0.6 is 11.8 Å². The molecule has 0 unspecified atom stereocenters. The first-order chi connectivity index (χ1) is 6.15. The third kappa shape index (κ3) is 2.59. The van der Waals surface area contributed by atoms with Crippen LogP contribution in [-0.2, 0) is 0 Å². The summed E-state index contributed by atoms with van der Waals surface area (Å²) in [6.07, 6.45) is 1.93. The van der Waals surface area contributed by atoms with Gasteiger partial charge in [0.25, 0.3) is 0 Å². The van der Waals surface area contributed by atoms with E-state index >= 15 is 0 Å². The van der Waals surface area contributed by atoms with Crippen molar-refractivity contribution in [3.8, 4) is 0 Å². The normalized spacial score (nSPS) is 10.5. The van der Waals surface area contributed by atoms with Crippen molar-refractivity contribution in [3.63, 3.8) is 0 Å². The Kier molecular flexibility index (Phi) is 3.55. The Balaban J connectivity index is 3.31. The van der Waals surface area contributed by atoms with Gasteiger partial charge in [0, 0.05) is 0 Å². The Hall–Kier alpha value is -0.760. The van der Waals surface area contributed by atoms with Gasteiger partial charge in [-0.1, -0.05) is 26.0 Å². The molecule has 13 heavy (non-hydrogen) atoms. The molecule has 70 valence electrons. The Morgan fingerprint density at radius 3 is 2.54 bits per heavy atom. The molecule has 0 atom stereocenters. The second-order valence-corrected chi connectivity index (χ2v) is 4.11. The zero-order chi connectivity index (χ0) is 9.84. The van der Waals surface area contributed by atoms with Crippen molar-refractivity contribution in [2.75, 3.05) is 6.26 Å². The van der Waals surface area contributed by atoms with Crippen molar-refractivity contribution < 1.29 is 0 Å². The van der Waals surface area contributed by atoms with E-state index < -0.39 is 0 Å². The summed E-state index contributed by atoms with van der Waals surface area (Å²) in [5.74, 6) is 0.470. The Labute approximate surface area is 83.2 Å². The molecule has 0 aliphatic carbocycles. The largest absolute Gasteiger partial charge is 0.289 e. The number of hydrogen-bond donors (Lipinski definition) is 0. The molecule has 0 radical (unpaired) electrons. The Bertz CT molecular complexity index is 344. The van der Waals surface area contributed by atoms with Crippen molar-refractivity contribution in [3.05, 3.63) is 40.1 Å². The van der Waals surface area contributed by atoms with Gasteiger partial charge in [-0.15, -0.1) is 11.8 Å². The average Bonchev–Trinajstić information content (AvgIpc) is 2.27. The third-order valence-electron chi connectivity index (χ3n) is 1.96. The fourth-order valence-corrected chi connectivity index (χ4v) is 1.64. The van der Waals surface area contributed by atoms with Gasteiger partial charge in [-0.05, 0) is 29.9 Å². The third-order valence-corrected chi connectivity index (χ3v) is 2.72. The maximum Gasteiger partial charge on any atom is 0.192 e. The Morgan fingerprint density at radius 1 is 1.31 bits per heavy atom. The molecule has 2 heteroatoms. The highest BCUT2D eigenvalue weighted by atomic mass is 32.2. The van der Waals surface area contributed by atoms with Gasteiger partial charge in [-0.2, -0.15) is 0 Å². The van der Waals surface area contributed by atoms with Crippen LogP contribution in [0.4, 0.5) is 0 Å². The van der Waals surface area contributed by atoms with Crippen molar-refractivity contribution in [1.82, 2.24) is 0 Å². The molecule has 0 aliphatic heterocycles. The predicted molar refractivity (Wildman–Crippen MR) is 58.6 cm³/mol. The van der Waals surface area contributed by atoms with Crippen LogP contribution in [0.2, 0.25) is 0 Å². The van der Waals surface area contributed by atoms with Crippen molar-refractivity contribution >= 4 is 11.8 Å². The van der Waals surface area contributed by atoms with E-state index in [1.54, 1.807) is 6.07 Å². The molecule has 1 nitrogen and oxygen atoms in total. The first-order valence-electron chi connectivity index (χ1n) is 4.33. The minimum Gasteiger partial charge on any atom is -0.289 e. The second-order valence-electron chi connectivity index (χ2n) is 3.26. The molecule has 1 aromatic carbocycles. The lowest BCUT2D eigenvalue weighted by molar-refractivity contribution is 0.865. The second kappa shape index (κ2) is 4.47. The lowest BCUT2D eigenvalue weighted by Crippen LogP contribution is -1.96. The van der Waals surface area contributed by atoms with Gasteiger partial charge in [-0.25, -0.2) is 0 Å². The standard InChI is InChI=1S/C11H14OS/c1-8(2)9-5-4-6-10(12)11(7-9)13-3/h4-8H,1-3H3. The molecule has 0 aromatic heterocycles. The first kappa shape index (κ1) is 10.3. The van der Waals surface area contributed by atoms with Crippen LogP contribution in [0.3, 0.4) is 0 Å². The monoisotopic (exact) mass is 194 g/mol. The summed E-state index contributed by atoms with van der Waals surface area (Å²) in [6.45, 7) is 4.26. The van der Waals surface area contributed by atoms with Crippen LogP contribution in [0, 0.1) is 0 Å². The molecule has 0 bridgehead atoms. The van der Waals surface area contributed by atoms with E-state index in [1.807, 2.05) is 24.5 Å². The summed E-state index contributed by atoms with van der Waals surface area (Å²) in [5.41, 5.74) is 1.32. The van der Waals surface area contributed by atoms with Crippen LogP contribution in [-0.4, -0.2) is 6.26 Å². The van der Waals surface area contributed by atoms with E-state index in [0.29, 0.717) is 5.92 Å². The summed E-state index contributed by atoms with van der Waals surface area (Å²) in [7, 11) is 0. The van der Waals surface area contributed by atoms with Gasteiger partial charge < -0.3 is 0 Å². The first-order valence-corrected chi connectivity index (χ1v) is 5.56. The highest BCUT2D eigenvalue weighted by molar-refractivity contribution is 7.98. The molecular formula is C11H14OS. The van der Waals surface area contributed by atoms with E-state index in [0.717, 1.165) is 4.90 Å². The predicted octanol–water partition coefficient (Wildman–Crippen LogP) is 2.89. The molecule has 0 saturated heterocycles. The van der Waals surface area contributed by atoms with Gasteiger partial charge in [-0.3, -0.25) is 4.79 Å². The zero-order valence-electron chi connectivity index (χ0n) is 8.20. The number of hydrogen-bond acceptors (Lipinski definition) is 2. The SMILES string of the molecule is CSc1cc(C(C)C)cccc1=O. The van der Waals surface area contributed by atoms with Gasteiger partial charge in [0.2, 0.25) is 0 Å². The molecule has 0 amide bonds. The number of rotatable bonds is 2. The summed E-state index contributed by atoms with van der Waals surface area (Å²) >= 11 is 1.51. The minimum absolute atomic E-state index is 0.111. The van der Waals surface area contributed by atoms with Gasteiger partial charge >= 0.3 is 0 Å². The summed E-state index contributed by atoms with van der Waals surface area (Å²) in [4.78, 5) is 12.2. The molecule has 1 rings (SSSR count). The van der Waals surface area contributed by atoms with E-state index in [4.69, 9.17) is 0 Å². The van der Waals surface area contributed by atoms with Crippen molar-refractivity contribution in [1.29, 1.82) is 0 Å². The van der Waals surface area contributed by atoms with Gasteiger partial charge in [0.1, 0.15) is 0 Å². The van der Waals surface area contributed by atoms with E-state index in [2.05, 4.69) is 13.8 Å². The fourth-order valence-electron chi connectivity index (χ4n) is 1.12. The van der Waals surface area contributed by atoms with Crippen molar-refractivity contribution in [2.45, 2.75) is 24.7 Å². The Morgan fingerprint density at radius 2 is 2.00 bits per heavy atom. The summed E-state index contributed by atoms with van der Waals surface area (Å²) in [5, 5.41) is 0. The molecular weight excluding hydrogens is 180 g/mol. The summed E-state index contributed by atoms with van der Waals surface area (Å²) < 4.78 is 0. The lowest BCUT2D eigenvalue weighted by atomic mass is 10.1. The zero-order valence-corrected chi connectivity index (χ0v) is 9.02. The van der Waals surface area contributed by atoms with Gasteiger partial charge in [0.15, 0.2) is 5.43 Å². The fraction of sp³-hybridized carbons (Fsp3) is 0.364. The van der Waals surface area contributed by atoms with Crippen LogP contribution in [0.25, 0.3) is 0 Å². The summed E-state index contributed by atoms with van der Waals surface area (Å²) in [6, 6.07) is 7.44. The molecule has 0 N–H and O–H groups in total. The highest BCUT2D eigenvalue weighted by Crippen LogP contribution is 2.16. The van der Waals surface area contributed by atoms with E-state index in [9.17, 15) is 4.79 Å². The van der Waals surface area contributed by atoms with E-state index in [-0.39, 0.29) is 5.43 Å².